The van der Waals surface area contributed by atoms with E-state index in [2.05, 4.69) is 5.32 Å². The molecule has 0 spiro atoms. The van der Waals surface area contributed by atoms with Crippen LogP contribution < -0.4 is 10.1 Å². The van der Waals surface area contributed by atoms with E-state index in [0.29, 0.717) is 18.7 Å². The molecule has 2 aromatic carbocycles. The Labute approximate surface area is 177 Å². The summed E-state index contributed by atoms with van der Waals surface area (Å²) in [5.74, 6) is 1.71. The first kappa shape index (κ1) is 22.8. The molecule has 0 aliphatic rings. The third kappa shape index (κ3) is 6.82. The lowest BCUT2D eigenvalue weighted by atomic mass is 10.1. The summed E-state index contributed by atoms with van der Waals surface area (Å²) >= 11 is 1.55. The van der Waals surface area contributed by atoms with E-state index in [1.165, 1.54) is 5.56 Å². The monoisotopic (exact) mass is 414 g/mol. The highest BCUT2D eigenvalue weighted by Gasteiger charge is 2.27. The van der Waals surface area contributed by atoms with Crippen molar-refractivity contribution in [3.8, 4) is 5.75 Å². The number of carbonyl (C=O) groups is 2. The molecule has 0 aliphatic carbocycles. The Morgan fingerprint density at radius 1 is 1.07 bits per heavy atom. The van der Waals surface area contributed by atoms with Gasteiger partial charge in [0.2, 0.25) is 11.8 Å². The molecule has 1 atom stereocenters. The molecule has 156 valence electrons. The number of nitrogens with one attached hydrogen (secondary N) is 1. The second kappa shape index (κ2) is 11.5. The summed E-state index contributed by atoms with van der Waals surface area (Å²) in [6, 6.07) is 15.4. The van der Waals surface area contributed by atoms with Crippen molar-refractivity contribution in [3.63, 3.8) is 0 Å². The van der Waals surface area contributed by atoms with Crippen molar-refractivity contribution in [3.05, 3.63) is 65.2 Å². The molecule has 2 aromatic rings. The highest BCUT2D eigenvalue weighted by Crippen LogP contribution is 2.19. The molecule has 1 N–H and O–H groups in total. The van der Waals surface area contributed by atoms with E-state index in [1.807, 2.05) is 62.4 Å². The van der Waals surface area contributed by atoms with Gasteiger partial charge in [0, 0.05) is 19.3 Å². The molecule has 29 heavy (non-hydrogen) atoms. The van der Waals surface area contributed by atoms with Gasteiger partial charge in [-0.05, 0) is 36.6 Å². The number of aryl methyl sites for hydroxylation is 1. The number of amides is 2. The second-order valence-corrected chi connectivity index (χ2v) is 7.87. The van der Waals surface area contributed by atoms with Gasteiger partial charge in [-0.2, -0.15) is 0 Å². The first-order valence-corrected chi connectivity index (χ1v) is 10.9. The molecule has 0 bridgehead atoms. The molecule has 1 unspecified atom stereocenters. The number of methoxy groups -OCH3 is 1. The number of likely N-dealkylation sites (N-methyl/N-ethyl adjacent to an activating group) is 1. The van der Waals surface area contributed by atoms with Crippen LogP contribution in [0.5, 0.6) is 5.75 Å². The van der Waals surface area contributed by atoms with Crippen LogP contribution in [0.4, 0.5) is 0 Å². The Kier molecular flexibility index (Phi) is 9.06. The fourth-order valence-electron chi connectivity index (χ4n) is 3.04. The fraction of sp³-hybridized carbons (Fsp3) is 0.391. The van der Waals surface area contributed by atoms with Crippen molar-refractivity contribution in [2.45, 2.75) is 38.6 Å². The van der Waals surface area contributed by atoms with Crippen molar-refractivity contribution < 1.29 is 14.3 Å². The summed E-state index contributed by atoms with van der Waals surface area (Å²) < 4.78 is 5.17. The minimum atomic E-state index is -0.476. The summed E-state index contributed by atoms with van der Waals surface area (Å²) in [6.07, 6.45) is 0.570. The zero-order valence-corrected chi connectivity index (χ0v) is 18.4. The zero-order chi connectivity index (χ0) is 21.2. The number of thioether (sulfide) groups is 1. The van der Waals surface area contributed by atoms with Gasteiger partial charge in [-0.15, -0.1) is 11.8 Å². The molecule has 2 amide bonds. The highest BCUT2D eigenvalue weighted by atomic mass is 32.2. The van der Waals surface area contributed by atoms with Crippen LogP contribution in [0, 0.1) is 6.92 Å². The quantitative estimate of drug-likeness (QED) is 0.643. The van der Waals surface area contributed by atoms with E-state index in [9.17, 15) is 9.59 Å². The summed E-state index contributed by atoms with van der Waals surface area (Å²) in [5, 5.41) is 2.69. The Hall–Kier alpha value is -2.47. The van der Waals surface area contributed by atoms with Crippen LogP contribution in [-0.2, 0) is 21.9 Å². The van der Waals surface area contributed by atoms with Gasteiger partial charge in [0.25, 0.3) is 0 Å². The van der Waals surface area contributed by atoms with Gasteiger partial charge in [-0.25, -0.2) is 0 Å². The van der Waals surface area contributed by atoms with E-state index >= 15 is 0 Å². The van der Waals surface area contributed by atoms with E-state index in [-0.39, 0.29) is 11.8 Å². The number of nitrogens with zero attached hydrogens (tertiary/aromatic N) is 1. The average molecular weight is 415 g/mol. The maximum Gasteiger partial charge on any atom is 0.242 e. The predicted octanol–water partition coefficient (Wildman–Crippen LogP) is 3.79. The normalized spacial score (nSPS) is 11.6. The van der Waals surface area contributed by atoms with E-state index in [1.54, 1.807) is 30.8 Å². The maximum absolute atomic E-state index is 13.0. The van der Waals surface area contributed by atoms with Gasteiger partial charge in [0.05, 0.1) is 12.9 Å². The lowest BCUT2D eigenvalue weighted by Crippen LogP contribution is -2.48. The second-order valence-electron chi connectivity index (χ2n) is 6.89. The SMILES string of the molecule is CCC(C(=O)NC)N(Cc1ccc(C)cc1)C(=O)CSCc1ccc(OC)cc1. The minimum Gasteiger partial charge on any atom is -0.497 e. The Bertz CT molecular complexity index is 791. The summed E-state index contributed by atoms with van der Waals surface area (Å²) in [4.78, 5) is 27.1. The van der Waals surface area contributed by atoms with Crippen molar-refractivity contribution in [2.75, 3.05) is 19.9 Å². The third-order valence-corrected chi connectivity index (χ3v) is 5.75. The average Bonchev–Trinajstić information content (AvgIpc) is 2.75. The van der Waals surface area contributed by atoms with E-state index in [4.69, 9.17) is 4.74 Å². The maximum atomic E-state index is 13.0. The lowest BCUT2D eigenvalue weighted by molar-refractivity contribution is -0.139. The van der Waals surface area contributed by atoms with Crippen molar-refractivity contribution >= 4 is 23.6 Å². The third-order valence-electron chi connectivity index (χ3n) is 4.76. The van der Waals surface area contributed by atoms with Gasteiger partial charge in [-0.1, -0.05) is 48.9 Å². The topological polar surface area (TPSA) is 58.6 Å². The molecule has 0 saturated carbocycles. The molecule has 0 radical (unpaired) electrons. The van der Waals surface area contributed by atoms with Crippen LogP contribution in [0.3, 0.4) is 0 Å². The van der Waals surface area contributed by atoms with Crippen molar-refractivity contribution in [2.24, 2.45) is 0 Å². The molecular weight excluding hydrogens is 384 g/mol. The first-order valence-electron chi connectivity index (χ1n) is 9.75. The van der Waals surface area contributed by atoms with Gasteiger partial charge in [0.15, 0.2) is 0 Å². The number of ether oxygens (including phenoxy) is 1. The zero-order valence-electron chi connectivity index (χ0n) is 17.6. The predicted molar refractivity (Wildman–Crippen MR) is 119 cm³/mol. The van der Waals surface area contributed by atoms with Crippen LogP contribution in [0.1, 0.15) is 30.0 Å². The summed E-state index contributed by atoms with van der Waals surface area (Å²) in [5.41, 5.74) is 3.32. The molecule has 6 heteroatoms. The smallest absolute Gasteiger partial charge is 0.242 e. The van der Waals surface area contributed by atoms with Crippen LogP contribution in [0.15, 0.2) is 48.5 Å². The number of benzene rings is 2. The number of hydrogen-bond donors (Lipinski definition) is 1. The van der Waals surface area contributed by atoms with E-state index in [0.717, 1.165) is 22.6 Å². The lowest BCUT2D eigenvalue weighted by Gasteiger charge is -2.30. The molecule has 0 heterocycles. The van der Waals surface area contributed by atoms with Crippen LogP contribution in [0.25, 0.3) is 0 Å². The number of hydrogen-bond acceptors (Lipinski definition) is 4. The molecule has 0 aliphatic heterocycles. The standard InChI is InChI=1S/C23H30N2O3S/c1-5-21(23(27)24-3)25(14-18-8-6-17(2)7-9-18)22(26)16-29-15-19-10-12-20(28-4)13-11-19/h6-13,21H,5,14-16H2,1-4H3,(H,24,27). The van der Waals surface area contributed by atoms with E-state index < -0.39 is 6.04 Å². The summed E-state index contributed by atoms with van der Waals surface area (Å²) in [6.45, 7) is 4.38. The molecule has 5 nitrogen and oxygen atoms in total. The van der Waals surface area contributed by atoms with Crippen molar-refractivity contribution in [1.29, 1.82) is 0 Å². The molecular formula is C23H30N2O3S. The largest absolute Gasteiger partial charge is 0.497 e. The molecule has 0 saturated heterocycles. The van der Waals surface area contributed by atoms with Gasteiger partial charge < -0.3 is 15.0 Å². The minimum absolute atomic E-state index is 0.0282. The van der Waals surface area contributed by atoms with Crippen LogP contribution in [-0.4, -0.2) is 42.7 Å². The molecule has 2 rings (SSSR count). The van der Waals surface area contributed by atoms with Gasteiger partial charge in [0.1, 0.15) is 11.8 Å². The first-order chi connectivity index (χ1) is 14.0. The fourth-order valence-corrected chi connectivity index (χ4v) is 3.91. The Morgan fingerprint density at radius 3 is 2.24 bits per heavy atom. The number of rotatable bonds is 10. The summed E-state index contributed by atoms with van der Waals surface area (Å²) in [7, 11) is 3.25. The highest BCUT2D eigenvalue weighted by molar-refractivity contribution is 7.99. The van der Waals surface area contributed by atoms with Crippen molar-refractivity contribution in [1.82, 2.24) is 10.2 Å². The van der Waals surface area contributed by atoms with Gasteiger partial charge >= 0.3 is 0 Å². The Balaban J connectivity index is 2.05. The van der Waals surface area contributed by atoms with Crippen LogP contribution >= 0.6 is 11.8 Å². The van der Waals surface area contributed by atoms with Crippen LogP contribution in [0.2, 0.25) is 0 Å². The number of carbonyl (C=O) groups excluding carboxylic acids is 2. The molecule has 0 fully saturated rings. The molecule has 0 aromatic heterocycles. The Morgan fingerprint density at radius 2 is 1.69 bits per heavy atom. The van der Waals surface area contributed by atoms with Gasteiger partial charge in [-0.3, -0.25) is 9.59 Å².